The van der Waals surface area contributed by atoms with Crippen molar-refractivity contribution >= 4 is 23.2 Å². The lowest BCUT2D eigenvalue weighted by Crippen LogP contribution is -1.84. The first-order chi connectivity index (χ1) is 6.68. The van der Waals surface area contributed by atoms with Gasteiger partial charge in [-0.25, -0.2) is 0 Å². The number of halogens is 2. The molecule has 2 aromatic rings. The Balaban J connectivity index is 2.57. The van der Waals surface area contributed by atoms with E-state index in [-0.39, 0.29) is 5.35 Å². The molecule has 0 saturated heterocycles. The van der Waals surface area contributed by atoms with Gasteiger partial charge >= 0.3 is 5.35 Å². The summed E-state index contributed by atoms with van der Waals surface area (Å²) in [5, 5.41) is 8.04. The molecule has 0 fully saturated rings. The van der Waals surface area contributed by atoms with Crippen LogP contribution < -0.4 is 0 Å². The first-order valence-electron chi connectivity index (χ1n) is 3.93. The fourth-order valence-electron chi connectivity index (χ4n) is 1.15. The Morgan fingerprint density at radius 1 is 1.21 bits per heavy atom. The van der Waals surface area contributed by atoms with Crippen LogP contribution in [0.1, 0.15) is 5.56 Å². The van der Waals surface area contributed by atoms with Crippen molar-refractivity contribution in [1.29, 1.82) is 0 Å². The Kier molecular flexibility index (Phi) is 2.44. The van der Waals surface area contributed by atoms with E-state index in [2.05, 4.69) is 10.2 Å². The Morgan fingerprint density at radius 2 is 2.00 bits per heavy atom. The lowest BCUT2D eigenvalue weighted by atomic mass is 10.1. The largest absolute Gasteiger partial charge is 0.407 e. The summed E-state index contributed by atoms with van der Waals surface area (Å²) >= 11 is 11.5. The minimum Gasteiger partial charge on any atom is -0.407 e. The SMILES string of the molecule is Cc1c(Cl)cccc1-c1nnc(Cl)o1. The Hall–Kier alpha value is -1.06. The molecule has 0 amide bonds. The molecule has 2 rings (SSSR count). The van der Waals surface area contributed by atoms with Crippen LogP contribution in [0.3, 0.4) is 0 Å². The molecule has 0 saturated carbocycles. The molecule has 14 heavy (non-hydrogen) atoms. The first-order valence-corrected chi connectivity index (χ1v) is 4.68. The number of nitrogens with zero attached hydrogens (tertiary/aromatic N) is 2. The van der Waals surface area contributed by atoms with Gasteiger partial charge in [-0.15, -0.1) is 5.10 Å². The van der Waals surface area contributed by atoms with Gasteiger partial charge in [0, 0.05) is 10.6 Å². The summed E-state index contributed by atoms with van der Waals surface area (Å²) in [7, 11) is 0. The van der Waals surface area contributed by atoms with Crippen molar-refractivity contribution < 1.29 is 4.42 Å². The molecule has 0 bridgehead atoms. The third-order valence-electron chi connectivity index (χ3n) is 1.90. The number of rotatable bonds is 1. The highest BCUT2D eigenvalue weighted by Gasteiger charge is 2.10. The number of aromatic nitrogens is 2. The molecule has 0 spiro atoms. The Bertz CT molecular complexity index is 468. The van der Waals surface area contributed by atoms with Crippen LogP contribution in [0.5, 0.6) is 0 Å². The lowest BCUT2D eigenvalue weighted by molar-refractivity contribution is 0.570. The minimum absolute atomic E-state index is 0.0272. The Morgan fingerprint density at radius 3 is 2.64 bits per heavy atom. The van der Waals surface area contributed by atoms with Crippen molar-refractivity contribution in [2.45, 2.75) is 6.92 Å². The molecule has 1 aromatic heterocycles. The normalized spacial score (nSPS) is 10.5. The van der Waals surface area contributed by atoms with Gasteiger partial charge in [-0.3, -0.25) is 0 Å². The molecular formula is C9H6Cl2N2O. The average molecular weight is 229 g/mol. The zero-order valence-corrected chi connectivity index (χ0v) is 8.80. The smallest absolute Gasteiger partial charge is 0.313 e. The average Bonchev–Trinajstić information content (AvgIpc) is 2.57. The summed E-state index contributed by atoms with van der Waals surface area (Å²) in [6.07, 6.45) is 0. The van der Waals surface area contributed by atoms with Crippen LogP contribution in [-0.2, 0) is 0 Å². The highest BCUT2D eigenvalue weighted by atomic mass is 35.5. The third-order valence-corrected chi connectivity index (χ3v) is 2.46. The van der Waals surface area contributed by atoms with Crippen molar-refractivity contribution in [1.82, 2.24) is 10.2 Å². The zero-order valence-electron chi connectivity index (χ0n) is 7.29. The van der Waals surface area contributed by atoms with E-state index in [0.29, 0.717) is 10.9 Å². The van der Waals surface area contributed by atoms with Crippen LogP contribution in [-0.4, -0.2) is 10.2 Å². The molecule has 72 valence electrons. The van der Waals surface area contributed by atoms with Crippen molar-refractivity contribution in [2.24, 2.45) is 0 Å². The molecule has 5 heteroatoms. The van der Waals surface area contributed by atoms with Crippen LogP contribution in [0.4, 0.5) is 0 Å². The van der Waals surface area contributed by atoms with Gasteiger partial charge in [0.15, 0.2) is 0 Å². The van der Waals surface area contributed by atoms with Gasteiger partial charge in [0.25, 0.3) is 0 Å². The molecule has 1 aromatic carbocycles. The van der Waals surface area contributed by atoms with Gasteiger partial charge in [0.2, 0.25) is 5.89 Å². The fourth-order valence-corrected chi connectivity index (χ4v) is 1.44. The highest BCUT2D eigenvalue weighted by molar-refractivity contribution is 6.31. The second-order valence-electron chi connectivity index (χ2n) is 2.77. The van der Waals surface area contributed by atoms with Gasteiger partial charge in [-0.05, 0) is 36.2 Å². The predicted molar refractivity (Wildman–Crippen MR) is 54.5 cm³/mol. The van der Waals surface area contributed by atoms with E-state index in [0.717, 1.165) is 11.1 Å². The van der Waals surface area contributed by atoms with Gasteiger partial charge < -0.3 is 4.42 Å². The van der Waals surface area contributed by atoms with E-state index >= 15 is 0 Å². The highest BCUT2D eigenvalue weighted by Crippen LogP contribution is 2.27. The summed E-state index contributed by atoms with van der Waals surface area (Å²) in [6.45, 7) is 1.88. The number of hydrogen-bond donors (Lipinski definition) is 0. The molecule has 0 radical (unpaired) electrons. The molecule has 0 aliphatic heterocycles. The second kappa shape index (κ2) is 3.59. The first kappa shape index (κ1) is 9.49. The maximum Gasteiger partial charge on any atom is 0.313 e. The van der Waals surface area contributed by atoms with Crippen molar-refractivity contribution in [3.05, 3.63) is 34.1 Å². The van der Waals surface area contributed by atoms with E-state index < -0.39 is 0 Å². The number of hydrogen-bond acceptors (Lipinski definition) is 3. The summed E-state index contributed by atoms with van der Waals surface area (Å²) in [4.78, 5) is 0. The molecule has 0 aliphatic carbocycles. The predicted octanol–water partition coefficient (Wildman–Crippen LogP) is 3.35. The molecule has 1 heterocycles. The molecule has 3 nitrogen and oxygen atoms in total. The Labute approximate surface area is 90.7 Å². The monoisotopic (exact) mass is 228 g/mol. The van der Waals surface area contributed by atoms with E-state index in [1.807, 2.05) is 19.1 Å². The quantitative estimate of drug-likeness (QED) is 0.752. The van der Waals surface area contributed by atoms with Crippen LogP contribution in [0.2, 0.25) is 10.4 Å². The van der Waals surface area contributed by atoms with Gasteiger partial charge in [-0.2, -0.15) is 0 Å². The molecular weight excluding hydrogens is 223 g/mol. The second-order valence-corrected chi connectivity index (χ2v) is 3.50. The van der Waals surface area contributed by atoms with Crippen molar-refractivity contribution in [3.63, 3.8) is 0 Å². The van der Waals surface area contributed by atoms with E-state index in [1.165, 1.54) is 0 Å². The van der Waals surface area contributed by atoms with Crippen LogP contribution in [0.15, 0.2) is 22.6 Å². The minimum atomic E-state index is 0.0272. The zero-order chi connectivity index (χ0) is 10.1. The van der Waals surface area contributed by atoms with E-state index in [9.17, 15) is 0 Å². The number of benzene rings is 1. The van der Waals surface area contributed by atoms with Gasteiger partial charge in [0.05, 0.1) is 0 Å². The summed E-state index contributed by atoms with van der Waals surface area (Å²) in [6, 6.07) is 5.48. The lowest BCUT2D eigenvalue weighted by Gasteiger charge is -2.01. The summed E-state index contributed by atoms with van der Waals surface area (Å²) in [5.74, 6) is 0.384. The standard InChI is InChI=1S/C9H6Cl2N2O/c1-5-6(3-2-4-7(5)10)8-12-13-9(11)14-8/h2-4H,1H3. The molecule has 0 atom stereocenters. The fraction of sp³-hybridized carbons (Fsp3) is 0.111. The van der Waals surface area contributed by atoms with Crippen LogP contribution >= 0.6 is 23.2 Å². The van der Waals surface area contributed by atoms with Crippen LogP contribution in [0.25, 0.3) is 11.5 Å². The van der Waals surface area contributed by atoms with Crippen LogP contribution in [0, 0.1) is 6.92 Å². The van der Waals surface area contributed by atoms with Gasteiger partial charge in [0.1, 0.15) is 0 Å². The summed E-state index contributed by atoms with van der Waals surface area (Å²) < 4.78 is 5.09. The maximum absolute atomic E-state index is 5.95. The van der Waals surface area contributed by atoms with E-state index in [1.54, 1.807) is 6.07 Å². The summed E-state index contributed by atoms with van der Waals surface area (Å²) in [5.41, 5.74) is 1.70. The molecule has 0 aliphatic rings. The van der Waals surface area contributed by atoms with Crippen molar-refractivity contribution in [3.8, 4) is 11.5 Å². The topological polar surface area (TPSA) is 38.9 Å². The molecule has 0 unspecified atom stereocenters. The maximum atomic E-state index is 5.95. The van der Waals surface area contributed by atoms with E-state index in [4.69, 9.17) is 27.6 Å². The van der Waals surface area contributed by atoms with Crippen molar-refractivity contribution in [2.75, 3.05) is 0 Å². The molecule has 0 N–H and O–H groups in total. The third kappa shape index (κ3) is 1.61. The van der Waals surface area contributed by atoms with Gasteiger partial charge in [-0.1, -0.05) is 22.8 Å².